The topological polar surface area (TPSA) is 93.6 Å². The van der Waals surface area contributed by atoms with E-state index in [1.54, 1.807) is 23.1 Å². The number of amides is 1. The fourth-order valence-corrected chi connectivity index (χ4v) is 1.67. The van der Waals surface area contributed by atoms with Crippen LogP contribution in [-0.2, 0) is 9.53 Å². The van der Waals surface area contributed by atoms with Crippen molar-refractivity contribution in [2.45, 2.75) is 6.04 Å². The van der Waals surface area contributed by atoms with Gasteiger partial charge in [-0.15, -0.1) is 0 Å². The van der Waals surface area contributed by atoms with Gasteiger partial charge in [-0.25, -0.2) is 0 Å². The zero-order valence-electron chi connectivity index (χ0n) is 11.7. The van der Waals surface area contributed by atoms with Crippen LogP contribution in [0, 0.1) is 0 Å². The van der Waals surface area contributed by atoms with Crippen molar-refractivity contribution < 1.29 is 13.9 Å². The highest BCUT2D eigenvalue weighted by molar-refractivity contribution is 5.96. The molecule has 3 N–H and O–H groups in total. The van der Waals surface area contributed by atoms with Crippen molar-refractivity contribution in [1.82, 2.24) is 4.98 Å². The van der Waals surface area contributed by atoms with Crippen LogP contribution in [0.2, 0.25) is 0 Å². The molecule has 7 heteroatoms. The summed E-state index contributed by atoms with van der Waals surface area (Å²) in [4.78, 5) is 17.9. The van der Waals surface area contributed by atoms with Gasteiger partial charge in [0, 0.05) is 26.9 Å². The standard InChI is InChI=1S/C13H18N4O3/c1-17(2)13-16-10-6-8(4-5-11(10)20-13)15-12(18)9(14)7-19-3/h4-6,9H,7,14H2,1-3H3,(H,15,18). The molecular weight excluding hydrogens is 260 g/mol. The number of oxazole rings is 1. The fourth-order valence-electron chi connectivity index (χ4n) is 1.67. The van der Waals surface area contributed by atoms with Crippen molar-refractivity contribution in [3.8, 4) is 0 Å². The number of nitrogens with zero attached hydrogens (tertiary/aromatic N) is 2. The van der Waals surface area contributed by atoms with E-state index in [9.17, 15) is 4.79 Å². The van der Waals surface area contributed by atoms with E-state index < -0.39 is 6.04 Å². The lowest BCUT2D eigenvalue weighted by Crippen LogP contribution is -2.39. The second-order valence-corrected chi connectivity index (χ2v) is 4.62. The van der Waals surface area contributed by atoms with Crippen LogP contribution >= 0.6 is 0 Å². The lowest BCUT2D eigenvalue weighted by Gasteiger charge is -2.10. The van der Waals surface area contributed by atoms with Gasteiger partial charge in [0.2, 0.25) is 5.91 Å². The Hall–Kier alpha value is -2.12. The van der Waals surface area contributed by atoms with E-state index in [0.717, 1.165) is 0 Å². The minimum Gasteiger partial charge on any atom is -0.423 e. The van der Waals surface area contributed by atoms with E-state index >= 15 is 0 Å². The third-order valence-corrected chi connectivity index (χ3v) is 2.71. The molecule has 0 aliphatic rings. The molecule has 0 saturated carbocycles. The normalized spacial score (nSPS) is 12.4. The number of aromatic nitrogens is 1. The van der Waals surface area contributed by atoms with Crippen molar-refractivity contribution in [2.24, 2.45) is 5.73 Å². The zero-order valence-corrected chi connectivity index (χ0v) is 11.7. The molecule has 0 bridgehead atoms. The maximum Gasteiger partial charge on any atom is 0.297 e. The third-order valence-electron chi connectivity index (χ3n) is 2.71. The van der Waals surface area contributed by atoms with Crippen LogP contribution in [0.4, 0.5) is 11.7 Å². The van der Waals surface area contributed by atoms with Crippen molar-refractivity contribution >= 4 is 28.7 Å². The number of hydrogen-bond donors (Lipinski definition) is 2. The number of hydrogen-bond acceptors (Lipinski definition) is 6. The Balaban J connectivity index is 2.17. The van der Waals surface area contributed by atoms with E-state index in [4.69, 9.17) is 14.9 Å². The van der Waals surface area contributed by atoms with Gasteiger partial charge in [0.05, 0.1) is 6.61 Å². The number of rotatable bonds is 5. The summed E-state index contributed by atoms with van der Waals surface area (Å²) in [5.41, 5.74) is 7.61. The van der Waals surface area contributed by atoms with Gasteiger partial charge in [-0.05, 0) is 18.2 Å². The summed E-state index contributed by atoms with van der Waals surface area (Å²) in [6, 6.07) is 5.05. The molecule has 108 valence electrons. The smallest absolute Gasteiger partial charge is 0.297 e. The SMILES string of the molecule is COCC(N)C(=O)Nc1ccc2oc(N(C)C)nc2c1. The van der Waals surface area contributed by atoms with E-state index in [1.807, 2.05) is 14.1 Å². The largest absolute Gasteiger partial charge is 0.423 e. The number of anilines is 2. The molecule has 1 aromatic carbocycles. The molecule has 2 aromatic rings. The van der Waals surface area contributed by atoms with Gasteiger partial charge in [-0.1, -0.05) is 0 Å². The van der Waals surface area contributed by atoms with Crippen LogP contribution in [0.3, 0.4) is 0 Å². The number of nitrogens with one attached hydrogen (secondary N) is 1. The quantitative estimate of drug-likeness (QED) is 0.840. The molecule has 0 aliphatic heterocycles. The molecule has 1 atom stereocenters. The second kappa shape index (κ2) is 5.89. The van der Waals surface area contributed by atoms with Crippen LogP contribution in [-0.4, -0.2) is 44.7 Å². The first-order valence-corrected chi connectivity index (χ1v) is 6.14. The van der Waals surface area contributed by atoms with E-state index in [0.29, 0.717) is 22.8 Å². The van der Waals surface area contributed by atoms with Gasteiger partial charge >= 0.3 is 0 Å². The number of carbonyl (C=O) groups excluding carboxylic acids is 1. The highest BCUT2D eigenvalue weighted by atomic mass is 16.5. The molecule has 1 unspecified atom stereocenters. The minimum absolute atomic E-state index is 0.169. The lowest BCUT2D eigenvalue weighted by atomic mass is 10.2. The van der Waals surface area contributed by atoms with Gasteiger partial charge in [0.25, 0.3) is 6.01 Å². The molecule has 0 fully saturated rings. The van der Waals surface area contributed by atoms with Crippen LogP contribution < -0.4 is 16.0 Å². The molecular formula is C13H18N4O3. The Labute approximate surface area is 116 Å². The zero-order chi connectivity index (χ0) is 14.7. The van der Waals surface area contributed by atoms with Crippen molar-refractivity contribution in [1.29, 1.82) is 0 Å². The highest BCUT2D eigenvalue weighted by Crippen LogP contribution is 2.23. The minimum atomic E-state index is -0.703. The highest BCUT2D eigenvalue weighted by Gasteiger charge is 2.14. The van der Waals surface area contributed by atoms with Gasteiger partial charge in [-0.3, -0.25) is 4.79 Å². The maximum absolute atomic E-state index is 11.8. The van der Waals surface area contributed by atoms with Crippen molar-refractivity contribution in [3.05, 3.63) is 18.2 Å². The Kier molecular flexibility index (Phi) is 4.21. The molecule has 0 saturated heterocycles. The molecule has 7 nitrogen and oxygen atoms in total. The molecule has 0 radical (unpaired) electrons. The second-order valence-electron chi connectivity index (χ2n) is 4.62. The molecule has 1 amide bonds. The van der Waals surface area contributed by atoms with E-state index in [2.05, 4.69) is 10.3 Å². The fraction of sp³-hybridized carbons (Fsp3) is 0.385. The number of methoxy groups -OCH3 is 1. The average molecular weight is 278 g/mol. The molecule has 0 spiro atoms. The number of ether oxygens (including phenoxy) is 1. The first-order valence-electron chi connectivity index (χ1n) is 6.14. The summed E-state index contributed by atoms with van der Waals surface area (Å²) in [5.74, 6) is -0.303. The molecule has 0 aliphatic carbocycles. The first kappa shape index (κ1) is 14.3. The van der Waals surface area contributed by atoms with Crippen LogP contribution in [0.25, 0.3) is 11.1 Å². The van der Waals surface area contributed by atoms with Crippen molar-refractivity contribution in [3.63, 3.8) is 0 Å². The number of fused-ring (bicyclic) bond motifs is 1. The monoisotopic (exact) mass is 278 g/mol. The summed E-state index contributed by atoms with van der Waals surface area (Å²) in [5, 5.41) is 2.72. The Bertz CT molecular complexity index is 609. The predicted octanol–water partition coefficient (Wildman–Crippen LogP) is 0.806. The lowest BCUT2D eigenvalue weighted by molar-refractivity contribution is -0.118. The van der Waals surface area contributed by atoms with Crippen LogP contribution in [0.1, 0.15) is 0 Å². The van der Waals surface area contributed by atoms with E-state index in [-0.39, 0.29) is 12.5 Å². The molecule has 1 aromatic heterocycles. The van der Waals surface area contributed by atoms with Gasteiger partial charge in [0.15, 0.2) is 5.58 Å². The Morgan fingerprint density at radius 2 is 2.30 bits per heavy atom. The van der Waals surface area contributed by atoms with Crippen molar-refractivity contribution in [2.75, 3.05) is 38.0 Å². The van der Waals surface area contributed by atoms with E-state index in [1.165, 1.54) is 7.11 Å². The number of benzene rings is 1. The third kappa shape index (κ3) is 3.06. The Morgan fingerprint density at radius 3 is 2.95 bits per heavy atom. The summed E-state index contributed by atoms with van der Waals surface area (Å²) < 4.78 is 10.4. The summed E-state index contributed by atoms with van der Waals surface area (Å²) >= 11 is 0. The maximum atomic E-state index is 11.8. The summed E-state index contributed by atoms with van der Waals surface area (Å²) in [6.45, 7) is 0.169. The van der Waals surface area contributed by atoms with Gasteiger partial charge in [0.1, 0.15) is 11.6 Å². The predicted molar refractivity (Wildman–Crippen MR) is 76.8 cm³/mol. The molecule has 2 rings (SSSR count). The van der Waals surface area contributed by atoms with Crippen LogP contribution in [0.15, 0.2) is 22.6 Å². The summed E-state index contributed by atoms with van der Waals surface area (Å²) in [7, 11) is 5.19. The summed E-state index contributed by atoms with van der Waals surface area (Å²) in [6.07, 6.45) is 0. The number of carbonyl (C=O) groups is 1. The van der Waals surface area contributed by atoms with Gasteiger partial charge in [-0.2, -0.15) is 4.98 Å². The molecule has 20 heavy (non-hydrogen) atoms. The number of nitrogens with two attached hydrogens (primary N) is 1. The first-order chi connectivity index (χ1) is 9.51. The average Bonchev–Trinajstić information content (AvgIpc) is 2.82. The molecule has 1 heterocycles. The Morgan fingerprint density at radius 1 is 1.55 bits per heavy atom. The van der Waals surface area contributed by atoms with Crippen LogP contribution in [0.5, 0.6) is 0 Å². The van der Waals surface area contributed by atoms with Gasteiger partial charge < -0.3 is 25.1 Å².